The van der Waals surface area contributed by atoms with E-state index in [0.717, 1.165) is 37.6 Å². The minimum Gasteiger partial charge on any atom is -0.369 e. The lowest BCUT2D eigenvalue weighted by molar-refractivity contribution is -0.118. The van der Waals surface area contributed by atoms with Crippen molar-refractivity contribution >= 4 is 34.6 Å². The van der Waals surface area contributed by atoms with Gasteiger partial charge in [0.25, 0.3) is 5.91 Å². The summed E-state index contributed by atoms with van der Waals surface area (Å²) in [7, 11) is 2.14. The third kappa shape index (κ3) is 4.46. The zero-order valence-corrected chi connectivity index (χ0v) is 16.5. The minimum atomic E-state index is -0.272. The highest BCUT2D eigenvalue weighted by molar-refractivity contribution is 6.44. The molecule has 0 atom stereocenters. The molecule has 1 N–H and O–H groups in total. The van der Waals surface area contributed by atoms with E-state index in [1.807, 2.05) is 42.5 Å². The first-order chi connectivity index (χ1) is 14.1. The number of hydrogen-bond donors (Lipinski definition) is 1. The Kier molecular flexibility index (Phi) is 5.57. The Morgan fingerprint density at radius 1 is 0.897 bits per heavy atom. The molecule has 0 radical (unpaired) electrons. The quantitative estimate of drug-likeness (QED) is 0.870. The number of para-hydroxylation sites is 1. The summed E-state index contributed by atoms with van der Waals surface area (Å²) in [5.41, 5.74) is 2.90. The van der Waals surface area contributed by atoms with Crippen LogP contribution in [0.5, 0.6) is 0 Å². The summed E-state index contributed by atoms with van der Waals surface area (Å²) in [6, 6.07) is 17.1. The number of piperazine rings is 1. The van der Waals surface area contributed by atoms with Gasteiger partial charge in [-0.15, -0.1) is 0 Å². The number of nitrogens with zero attached hydrogens (tertiary/aromatic N) is 4. The van der Waals surface area contributed by atoms with Gasteiger partial charge in [-0.2, -0.15) is 5.10 Å². The summed E-state index contributed by atoms with van der Waals surface area (Å²) in [4.78, 5) is 29.6. The Hall–Kier alpha value is -3.19. The summed E-state index contributed by atoms with van der Waals surface area (Å²) in [5.74, 6) is -0.380. The van der Waals surface area contributed by atoms with E-state index in [0.29, 0.717) is 17.8 Å². The standard InChI is InChI=1S/C22H25N5O2/c1-25-13-15-26(16-14-25)18-9-7-17(8-10-18)23-22(29)20-11-12-21(28)27(24-20)19-5-3-2-4-6-19/h2-10H,11-16H2,1H3,(H,23,29). The fraction of sp³-hybridized carbons (Fsp3) is 0.318. The van der Waals surface area contributed by atoms with Crippen LogP contribution in [0.2, 0.25) is 0 Å². The number of hydrogen-bond acceptors (Lipinski definition) is 5. The second-order valence-electron chi connectivity index (χ2n) is 7.38. The predicted molar refractivity (Wildman–Crippen MR) is 115 cm³/mol. The fourth-order valence-corrected chi connectivity index (χ4v) is 3.51. The van der Waals surface area contributed by atoms with E-state index in [4.69, 9.17) is 0 Å². The Labute approximate surface area is 170 Å². The van der Waals surface area contributed by atoms with Gasteiger partial charge in [-0.1, -0.05) is 18.2 Å². The van der Waals surface area contributed by atoms with Gasteiger partial charge in [0, 0.05) is 50.4 Å². The number of carbonyl (C=O) groups excluding carboxylic acids is 2. The van der Waals surface area contributed by atoms with Gasteiger partial charge >= 0.3 is 0 Å². The van der Waals surface area contributed by atoms with Crippen molar-refractivity contribution in [2.75, 3.05) is 48.5 Å². The first-order valence-corrected chi connectivity index (χ1v) is 9.90. The Balaban J connectivity index is 1.43. The number of benzene rings is 2. The minimum absolute atomic E-state index is 0.107. The number of hydrazone groups is 1. The van der Waals surface area contributed by atoms with E-state index in [-0.39, 0.29) is 18.2 Å². The van der Waals surface area contributed by atoms with E-state index in [9.17, 15) is 9.59 Å². The number of carbonyl (C=O) groups is 2. The lowest BCUT2D eigenvalue weighted by Crippen LogP contribution is -2.44. The van der Waals surface area contributed by atoms with Crippen molar-refractivity contribution in [1.29, 1.82) is 0 Å². The van der Waals surface area contributed by atoms with Crippen molar-refractivity contribution in [1.82, 2.24) is 4.90 Å². The third-order valence-corrected chi connectivity index (χ3v) is 5.29. The summed E-state index contributed by atoms with van der Waals surface area (Å²) in [6.45, 7) is 4.11. The number of nitrogens with one attached hydrogen (secondary N) is 1. The van der Waals surface area contributed by atoms with Gasteiger partial charge in [-0.3, -0.25) is 9.59 Å². The van der Waals surface area contributed by atoms with Gasteiger partial charge in [-0.05, 0) is 43.4 Å². The maximum Gasteiger partial charge on any atom is 0.271 e. The molecule has 0 aliphatic carbocycles. The zero-order valence-electron chi connectivity index (χ0n) is 16.5. The average molecular weight is 391 g/mol. The van der Waals surface area contributed by atoms with Crippen LogP contribution in [0, 0.1) is 0 Å². The second-order valence-corrected chi connectivity index (χ2v) is 7.38. The SMILES string of the molecule is CN1CCN(c2ccc(NC(=O)C3=NN(c4ccccc4)C(=O)CC3)cc2)CC1. The molecule has 0 aromatic heterocycles. The van der Waals surface area contributed by atoms with Crippen molar-refractivity contribution in [2.45, 2.75) is 12.8 Å². The molecule has 7 nitrogen and oxygen atoms in total. The average Bonchev–Trinajstić information content (AvgIpc) is 2.76. The molecule has 2 aliphatic heterocycles. The van der Waals surface area contributed by atoms with Crippen LogP contribution in [0.15, 0.2) is 59.7 Å². The molecule has 0 unspecified atom stereocenters. The molecule has 2 aromatic rings. The topological polar surface area (TPSA) is 68.2 Å². The predicted octanol–water partition coefficient (Wildman–Crippen LogP) is 2.56. The van der Waals surface area contributed by atoms with Crippen LogP contribution in [0.25, 0.3) is 0 Å². The number of anilines is 3. The summed E-state index contributed by atoms with van der Waals surface area (Å²) in [6.07, 6.45) is 0.608. The monoisotopic (exact) mass is 391 g/mol. The van der Waals surface area contributed by atoms with Crippen molar-refractivity contribution in [3.8, 4) is 0 Å². The summed E-state index contributed by atoms with van der Waals surface area (Å²) < 4.78 is 0. The van der Waals surface area contributed by atoms with Gasteiger partial charge < -0.3 is 15.1 Å². The molecule has 7 heteroatoms. The first kappa shape index (κ1) is 19.1. The van der Waals surface area contributed by atoms with E-state index in [2.05, 4.69) is 27.3 Å². The number of amides is 2. The van der Waals surface area contributed by atoms with Crippen molar-refractivity contribution in [3.63, 3.8) is 0 Å². The molecule has 4 rings (SSSR count). The summed E-state index contributed by atoms with van der Waals surface area (Å²) >= 11 is 0. The van der Waals surface area contributed by atoms with Gasteiger partial charge in [0.05, 0.1) is 5.69 Å². The first-order valence-electron chi connectivity index (χ1n) is 9.90. The van der Waals surface area contributed by atoms with Crippen LogP contribution in [0.3, 0.4) is 0 Å². The van der Waals surface area contributed by atoms with Crippen molar-refractivity contribution < 1.29 is 9.59 Å². The van der Waals surface area contributed by atoms with E-state index in [1.54, 1.807) is 12.1 Å². The normalized spacial score (nSPS) is 17.8. The number of rotatable bonds is 4. The van der Waals surface area contributed by atoms with Crippen LogP contribution >= 0.6 is 0 Å². The summed E-state index contributed by atoms with van der Waals surface area (Å²) in [5, 5.41) is 8.52. The molecule has 0 bridgehead atoms. The molecule has 150 valence electrons. The fourth-order valence-electron chi connectivity index (χ4n) is 3.51. The van der Waals surface area contributed by atoms with Crippen LogP contribution in [0.1, 0.15) is 12.8 Å². The molecule has 2 aliphatic rings. The largest absolute Gasteiger partial charge is 0.369 e. The third-order valence-electron chi connectivity index (χ3n) is 5.29. The van der Waals surface area contributed by atoms with Crippen molar-refractivity contribution in [3.05, 3.63) is 54.6 Å². The maximum absolute atomic E-state index is 12.7. The highest BCUT2D eigenvalue weighted by atomic mass is 16.2. The lowest BCUT2D eigenvalue weighted by Gasteiger charge is -2.34. The van der Waals surface area contributed by atoms with Gasteiger partial charge in [0.15, 0.2) is 0 Å². The van der Waals surface area contributed by atoms with E-state index >= 15 is 0 Å². The Morgan fingerprint density at radius 3 is 2.28 bits per heavy atom. The van der Waals surface area contributed by atoms with Gasteiger partial charge in [0.1, 0.15) is 5.71 Å². The van der Waals surface area contributed by atoms with Gasteiger partial charge in [0.2, 0.25) is 5.91 Å². The van der Waals surface area contributed by atoms with Crippen molar-refractivity contribution in [2.24, 2.45) is 5.10 Å². The molecule has 1 saturated heterocycles. The molecular weight excluding hydrogens is 366 g/mol. The van der Waals surface area contributed by atoms with Gasteiger partial charge in [-0.25, -0.2) is 5.01 Å². The molecular formula is C22H25N5O2. The second kappa shape index (κ2) is 8.45. The van der Waals surface area contributed by atoms with Crippen LogP contribution in [-0.2, 0) is 9.59 Å². The molecule has 29 heavy (non-hydrogen) atoms. The zero-order chi connectivity index (χ0) is 20.2. The maximum atomic E-state index is 12.7. The lowest BCUT2D eigenvalue weighted by atomic mass is 10.1. The molecule has 2 amide bonds. The number of likely N-dealkylation sites (N-methyl/N-ethyl adjacent to an activating group) is 1. The van der Waals surface area contributed by atoms with Crippen LogP contribution in [-0.4, -0.2) is 55.7 Å². The molecule has 1 fully saturated rings. The molecule has 2 aromatic carbocycles. The molecule has 0 saturated carbocycles. The highest BCUT2D eigenvalue weighted by Gasteiger charge is 2.25. The Morgan fingerprint density at radius 2 is 1.59 bits per heavy atom. The van der Waals surface area contributed by atoms with Crippen LogP contribution in [0.4, 0.5) is 17.1 Å². The Bertz CT molecular complexity index is 903. The molecule has 0 spiro atoms. The molecule has 2 heterocycles. The van der Waals surface area contributed by atoms with E-state index < -0.39 is 0 Å². The highest BCUT2D eigenvalue weighted by Crippen LogP contribution is 2.22. The van der Waals surface area contributed by atoms with E-state index in [1.165, 1.54) is 5.01 Å². The van der Waals surface area contributed by atoms with Crippen LogP contribution < -0.4 is 15.2 Å². The smallest absolute Gasteiger partial charge is 0.271 e.